The SMILES string of the molecule is O=C(O)CNC(=O)CNC(=O)NCC(C1CC1)C1CC1. The average Bonchev–Trinajstić information content (AvgIpc) is 3.25. The van der Waals surface area contributed by atoms with Crippen LogP contribution < -0.4 is 16.0 Å². The highest BCUT2D eigenvalue weighted by atomic mass is 16.4. The summed E-state index contributed by atoms with van der Waals surface area (Å²) in [6.07, 6.45) is 5.06. The van der Waals surface area contributed by atoms with Crippen LogP contribution in [0.4, 0.5) is 4.79 Å². The number of urea groups is 1. The monoisotopic (exact) mass is 283 g/mol. The van der Waals surface area contributed by atoms with Crippen LogP contribution in [0.3, 0.4) is 0 Å². The molecule has 0 heterocycles. The van der Waals surface area contributed by atoms with E-state index in [-0.39, 0.29) is 12.6 Å². The normalized spacial score (nSPS) is 17.6. The Kier molecular flexibility index (Phi) is 4.81. The first-order valence-electron chi connectivity index (χ1n) is 7.06. The molecular formula is C13H21N3O4. The summed E-state index contributed by atoms with van der Waals surface area (Å²) in [6, 6.07) is -0.373. The quantitative estimate of drug-likeness (QED) is 0.500. The number of carboxylic acid groups (broad SMARTS) is 1. The molecule has 0 spiro atoms. The van der Waals surface area contributed by atoms with Crippen molar-refractivity contribution in [2.45, 2.75) is 25.7 Å². The Morgan fingerprint density at radius 1 is 0.950 bits per heavy atom. The minimum atomic E-state index is -1.11. The Labute approximate surface area is 117 Å². The number of carbonyl (C=O) groups is 3. The van der Waals surface area contributed by atoms with Crippen molar-refractivity contribution >= 4 is 17.9 Å². The molecule has 112 valence electrons. The molecule has 4 N–H and O–H groups in total. The maximum atomic E-state index is 11.6. The molecule has 0 aliphatic heterocycles. The van der Waals surface area contributed by atoms with Gasteiger partial charge in [-0.15, -0.1) is 0 Å². The molecule has 0 unspecified atom stereocenters. The van der Waals surface area contributed by atoms with Crippen molar-refractivity contribution in [2.75, 3.05) is 19.6 Å². The van der Waals surface area contributed by atoms with Gasteiger partial charge in [-0.1, -0.05) is 0 Å². The van der Waals surface area contributed by atoms with E-state index in [4.69, 9.17) is 5.11 Å². The van der Waals surface area contributed by atoms with Gasteiger partial charge in [0.2, 0.25) is 5.91 Å². The van der Waals surface area contributed by atoms with E-state index in [0.717, 1.165) is 11.8 Å². The Balaban J connectivity index is 1.57. The predicted octanol–water partition coefficient (Wildman–Crippen LogP) is -0.0774. The number of hydrogen-bond acceptors (Lipinski definition) is 3. The number of carbonyl (C=O) groups excluding carboxylic acids is 2. The van der Waals surface area contributed by atoms with E-state index in [1.54, 1.807) is 0 Å². The van der Waals surface area contributed by atoms with Crippen LogP contribution in [0.15, 0.2) is 0 Å². The van der Waals surface area contributed by atoms with Crippen molar-refractivity contribution in [1.82, 2.24) is 16.0 Å². The van der Waals surface area contributed by atoms with Gasteiger partial charge < -0.3 is 21.1 Å². The molecule has 0 bridgehead atoms. The zero-order valence-corrected chi connectivity index (χ0v) is 11.4. The lowest BCUT2D eigenvalue weighted by Crippen LogP contribution is -2.44. The molecule has 0 aromatic carbocycles. The summed E-state index contributed by atoms with van der Waals surface area (Å²) in [5.41, 5.74) is 0. The molecule has 2 saturated carbocycles. The van der Waals surface area contributed by atoms with Crippen LogP contribution in [0, 0.1) is 17.8 Å². The summed E-state index contributed by atoms with van der Waals surface area (Å²) in [4.78, 5) is 33.0. The third-order valence-corrected chi connectivity index (χ3v) is 3.80. The van der Waals surface area contributed by atoms with E-state index in [2.05, 4.69) is 16.0 Å². The Hall–Kier alpha value is -1.79. The van der Waals surface area contributed by atoms with Gasteiger partial charge >= 0.3 is 12.0 Å². The Morgan fingerprint density at radius 3 is 2.05 bits per heavy atom. The number of amides is 3. The lowest BCUT2D eigenvalue weighted by molar-refractivity contribution is -0.137. The van der Waals surface area contributed by atoms with E-state index in [9.17, 15) is 14.4 Å². The first-order chi connectivity index (χ1) is 9.56. The second-order valence-electron chi connectivity index (χ2n) is 5.57. The fourth-order valence-electron chi connectivity index (χ4n) is 2.44. The maximum Gasteiger partial charge on any atom is 0.322 e. The molecule has 7 heteroatoms. The average molecular weight is 283 g/mol. The smallest absolute Gasteiger partial charge is 0.322 e. The highest BCUT2D eigenvalue weighted by Gasteiger charge is 2.41. The molecule has 0 atom stereocenters. The molecule has 3 amide bonds. The molecule has 0 aromatic heterocycles. The van der Waals surface area contributed by atoms with Gasteiger partial charge in [0.25, 0.3) is 0 Å². The maximum absolute atomic E-state index is 11.6. The molecular weight excluding hydrogens is 262 g/mol. The van der Waals surface area contributed by atoms with E-state index < -0.39 is 18.4 Å². The van der Waals surface area contributed by atoms with E-state index in [0.29, 0.717) is 12.5 Å². The minimum Gasteiger partial charge on any atom is -0.480 e. The predicted molar refractivity (Wildman–Crippen MR) is 71.0 cm³/mol. The molecule has 0 saturated heterocycles. The van der Waals surface area contributed by atoms with Crippen LogP contribution in [0.5, 0.6) is 0 Å². The van der Waals surface area contributed by atoms with Gasteiger partial charge in [0, 0.05) is 6.54 Å². The van der Waals surface area contributed by atoms with Gasteiger partial charge in [-0.25, -0.2) is 4.79 Å². The van der Waals surface area contributed by atoms with Gasteiger partial charge in [0.05, 0.1) is 6.54 Å². The number of nitrogens with one attached hydrogen (secondary N) is 3. The Bertz CT molecular complexity index is 379. The van der Waals surface area contributed by atoms with Crippen molar-refractivity contribution in [3.63, 3.8) is 0 Å². The first kappa shape index (κ1) is 14.6. The van der Waals surface area contributed by atoms with Crippen LogP contribution in [0.2, 0.25) is 0 Å². The van der Waals surface area contributed by atoms with Crippen molar-refractivity contribution in [1.29, 1.82) is 0 Å². The zero-order valence-electron chi connectivity index (χ0n) is 11.4. The third-order valence-electron chi connectivity index (χ3n) is 3.80. The second kappa shape index (κ2) is 6.58. The van der Waals surface area contributed by atoms with Crippen molar-refractivity contribution < 1.29 is 19.5 Å². The summed E-state index contributed by atoms with van der Waals surface area (Å²) in [5.74, 6) is 0.493. The van der Waals surface area contributed by atoms with E-state index in [1.807, 2.05) is 0 Å². The summed E-state index contributed by atoms with van der Waals surface area (Å²) in [6.45, 7) is 0.0160. The Morgan fingerprint density at radius 2 is 1.55 bits per heavy atom. The fourth-order valence-corrected chi connectivity index (χ4v) is 2.44. The molecule has 20 heavy (non-hydrogen) atoms. The largest absolute Gasteiger partial charge is 0.480 e. The summed E-state index contributed by atoms with van der Waals surface area (Å²) < 4.78 is 0. The lowest BCUT2D eigenvalue weighted by Gasteiger charge is -2.16. The van der Waals surface area contributed by atoms with Crippen LogP contribution in [-0.2, 0) is 9.59 Å². The second-order valence-corrected chi connectivity index (χ2v) is 5.57. The van der Waals surface area contributed by atoms with Gasteiger partial charge in [0.15, 0.2) is 0 Å². The topological polar surface area (TPSA) is 108 Å². The van der Waals surface area contributed by atoms with Crippen molar-refractivity contribution in [2.24, 2.45) is 17.8 Å². The number of carboxylic acids is 1. The summed E-state index contributed by atoms with van der Waals surface area (Å²) >= 11 is 0. The summed E-state index contributed by atoms with van der Waals surface area (Å²) in [5, 5.41) is 15.8. The standard InChI is InChI=1S/C13H21N3O4/c17-11(14-7-12(18)19)6-16-13(20)15-5-10(8-1-2-8)9-3-4-9/h8-10H,1-7H2,(H,14,17)(H,18,19)(H2,15,16,20). The highest BCUT2D eigenvalue weighted by Crippen LogP contribution is 2.48. The first-order valence-corrected chi connectivity index (χ1v) is 7.06. The molecule has 2 aliphatic carbocycles. The number of hydrogen-bond donors (Lipinski definition) is 4. The minimum absolute atomic E-state index is 0.212. The van der Waals surface area contributed by atoms with E-state index >= 15 is 0 Å². The molecule has 0 radical (unpaired) electrons. The molecule has 2 fully saturated rings. The zero-order chi connectivity index (χ0) is 14.5. The number of aliphatic carboxylic acids is 1. The van der Waals surface area contributed by atoms with Crippen molar-refractivity contribution in [3.05, 3.63) is 0 Å². The molecule has 2 aliphatic rings. The van der Waals surface area contributed by atoms with Gasteiger partial charge in [-0.3, -0.25) is 9.59 Å². The number of rotatable bonds is 8. The molecule has 2 rings (SSSR count). The van der Waals surface area contributed by atoms with Crippen molar-refractivity contribution in [3.8, 4) is 0 Å². The molecule has 0 aromatic rings. The van der Waals surface area contributed by atoms with Gasteiger partial charge in [0.1, 0.15) is 6.54 Å². The lowest BCUT2D eigenvalue weighted by atomic mass is 9.98. The van der Waals surface area contributed by atoms with Crippen LogP contribution in [0.1, 0.15) is 25.7 Å². The molecule has 7 nitrogen and oxygen atoms in total. The third kappa shape index (κ3) is 5.07. The van der Waals surface area contributed by atoms with Gasteiger partial charge in [-0.2, -0.15) is 0 Å². The fraction of sp³-hybridized carbons (Fsp3) is 0.769. The summed E-state index contributed by atoms with van der Waals surface area (Å²) in [7, 11) is 0. The van der Waals surface area contributed by atoms with Gasteiger partial charge in [-0.05, 0) is 43.4 Å². The van der Waals surface area contributed by atoms with E-state index in [1.165, 1.54) is 25.7 Å². The highest BCUT2D eigenvalue weighted by molar-refractivity contribution is 5.86. The van der Waals surface area contributed by atoms with Crippen LogP contribution in [-0.4, -0.2) is 42.6 Å². The van der Waals surface area contributed by atoms with Crippen LogP contribution >= 0.6 is 0 Å². The van der Waals surface area contributed by atoms with Crippen LogP contribution in [0.25, 0.3) is 0 Å².